The average molecular weight is 256 g/mol. The molecule has 0 aliphatic carbocycles. The highest BCUT2D eigenvalue weighted by Gasteiger charge is 2.16. The first-order valence-electron chi connectivity index (χ1n) is 4.59. The summed E-state index contributed by atoms with van der Waals surface area (Å²) in [7, 11) is 1.60. The van der Waals surface area contributed by atoms with Crippen molar-refractivity contribution in [3.63, 3.8) is 0 Å². The Morgan fingerprint density at radius 1 is 1.50 bits per heavy atom. The van der Waals surface area contributed by atoms with Crippen LogP contribution in [0.4, 0.5) is 0 Å². The third kappa shape index (κ3) is 2.16. The number of ether oxygens (including phenoxy) is 1. The maximum Gasteiger partial charge on any atom is 0.124 e. The van der Waals surface area contributed by atoms with Gasteiger partial charge in [0, 0.05) is 10.6 Å². The van der Waals surface area contributed by atoms with Crippen molar-refractivity contribution in [2.75, 3.05) is 7.11 Å². The third-order valence-corrected chi connectivity index (χ3v) is 2.95. The summed E-state index contributed by atoms with van der Waals surface area (Å²) >= 11 is 7.06. The monoisotopic (exact) mass is 255 g/mol. The van der Waals surface area contributed by atoms with E-state index in [4.69, 9.17) is 22.1 Å². The molecule has 0 spiro atoms. The molecule has 84 valence electrons. The summed E-state index contributed by atoms with van der Waals surface area (Å²) in [6, 6.07) is 4.96. The van der Waals surface area contributed by atoms with Crippen LogP contribution in [0.15, 0.2) is 24.4 Å². The number of methoxy groups -OCH3 is 1. The van der Waals surface area contributed by atoms with Crippen molar-refractivity contribution < 1.29 is 4.74 Å². The number of hydrogen-bond acceptors (Lipinski definition) is 5. The Morgan fingerprint density at radius 2 is 2.31 bits per heavy atom. The molecule has 4 nitrogen and oxygen atoms in total. The summed E-state index contributed by atoms with van der Waals surface area (Å²) in [5, 5.41) is 0.620. The van der Waals surface area contributed by atoms with Crippen molar-refractivity contribution in [3.8, 4) is 5.75 Å². The quantitative estimate of drug-likeness (QED) is 0.914. The maximum atomic E-state index is 6.07. The van der Waals surface area contributed by atoms with Gasteiger partial charge in [0.05, 0.1) is 36.8 Å². The lowest BCUT2D eigenvalue weighted by Crippen LogP contribution is -2.13. The summed E-state index contributed by atoms with van der Waals surface area (Å²) < 4.78 is 13.3. The molecular formula is C10H10ClN3OS. The molecule has 0 saturated heterocycles. The predicted octanol–water partition coefficient (Wildman–Crippen LogP) is 2.25. The van der Waals surface area contributed by atoms with Crippen LogP contribution in [0.2, 0.25) is 5.02 Å². The van der Waals surface area contributed by atoms with Gasteiger partial charge >= 0.3 is 0 Å². The van der Waals surface area contributed by atoms with E-state index in [9.17, 15) is 0 Å². The number of nitrogens with zero attached hydrogens (tertiary/aromatic N) is 2. The lowest BCUT2D eigenvalue weighted by atomic mass is 10.0. The van der Waals surface area contributed by atoms with Crippen LogP contribution in [0.25, 0.3) is 0 Å². The van der Waals surface area contributed by atoms with Gasteiger partial charge in [0.2, 0.25) is 0 Å². The number of nitrogens with two attached hydrogens (primary N) is 1. The van der Waals surface area contributed by atoms with E-state index in [-0.39, 0.29) is 6.04 Å². The molecule has 6 heteroatoms. The molecule has 0 bridgehead atoms. The number of rotatable bonds is 3. The second kappa shape index (κ2) is 4.78. The highest BCUT2D eigenvalue weighted by atomic mass is 35.5. The lowest BCUT2D eigenvalue weighted by Gasteiger charge is -2.13. The molecular weight excluding hydrogens is 246 g/mol. The second-order valence-electron chi connectivity index (χ2n) is 3.20. The first-order valence-corrected chi connectivity index (χ1v) is 5.69. The smallest absolute Gasteiger partial charge is 0.124 e. The average Bonchev–Trinajstić information content (AvgIpc) is 2.81. The van der Waals surface area contributed by atoms with Gasteiger partial charge < -0.3 is 10.5 Å². The van der Waals surface area contributed by atoms with E-state index < -0.39 is 0 Å². The van der Waals surface area contributed by atoms with Gasteiger partial charge in [0.15, 0.2) is 0 Å². The lowest BCUT2D eigenvalue weighted by molar-refractivity contribution is 0.407. The molecule has 1 unspecified atom stereocenters. The molecule has 0 radical (unpaired) electrons. The van der Waals surface area contributed by atoms with E-state index in [1.807, 2.05) is 0 Å². The van der Waals surface area contributed by atoms with Gasteiger partial charge in [-0.05, 0) is 18.2 Å². The number of aromatic nitrogens is 2. The Hall–Kier alpha value is -1.17. The molecule has 16 heavy (non-hydrogen) atoms. The van der Waals surface area contributed by atoms with Gasteiger partial charge in [-0.25, -0.2) is 0 Å². The van der Waals surface area contributed by atoms with E-state index >= 15 is 0 Å². The molecule has 0 fully saturated rings. The fourth-order valence-electron chi connectivity index (χ4n) is 1.42. The molecule has 1 atom stereocenters. The third-order valence-electron chi connectivity index (χ3n) is 2.22. The number of benzene rings is 1. The van der Waals surface area contributed by atoms with Crippen LogP contribution in [0.1, 0.15) is 17.3 Å². The van der Waals surface area contributed by atoms with E-state index in [2.05, 4.69) is 8.75 Å². The second-order valence-corrected chi connectivity index (χ2v) is 4.19. The first-order chi connectivity index (χ1) is 7.72. The van der Waals surface area contributed by atoms with Crippen molar-refractivity contribution in [1.29, 1.82) is 0 Å². The van der Waals surface area contributed by atoms with Crippen LogP contribution in [0, 0.1) is 0 Å². The zero-order chi connectivity index (χ0) is 11.5. The summed E-state index contributed by atoms with van der Waals surface area (Å²) in [6.45, 7) is 0. The topological polar surface area (TPSA) is 61.0 Å². The Morgan fingerprint density at radius 3 is 2.94 bits per heavy atom. The van der Waals surface area contributed by atoms with Crippen LogP contribution in [0.5, 0.6) is 5.75 Å². The highest BCUT2D eigenvalue weighted by molar-refractivity contribution is 6.99. The number of halogens is 1. The fourth-order valence-corrected chi connectivity index (χ4v) is 2.05. The Labute approximate surface area is 102 Å². The minimum atomic E-state index is -0.368. The summed E-state index contributed by atoms with van der Waals surface area (Å²) in [4.78, 5) is 0. The SMILES string of the molecule is COc1ccc(Cl)cc1C(N)c1cnsn1. The molecule has 1 aromatic heterocycles. The molecule has 1 aromatic carbocycles. The van der Waals surface area contributed by atoms with Crippen molar-refractivity contribution in [3.05, 3.63) is 40.7 Å². The molecule has 2 rings (SSSR count). The largest absolute Gasteiger partial charge is 0.496 e. The van der Waals surface area contributed by atoms with E-state index in [0.717, 1.165) is 17.3 Å². The maximum absolute atomic E-state index is 6.07. The van der Waals surface area contributed by atoms with Gasteiger partial charge in [-0.3, -0.25) is 0 Å². The molecule has 0 amide bonds. The minimum Gasteiger partial charge on any atom is -0.496 e. The molecule has 1 heterocycles. The fraction of sp³-hybridized carbons (Fsp3) is 0.200. The van der Waals surface area contributed by atoms with E-state index in [1.54, 1.807) is 31.5 Å². The van der Waals surface area contributed by atoms with E-state index in [1.165, 1.54) is 0 Å². The van der Waals surface area contributed by atoms with Gasteiger partial charge in [-0.2, -0.15) is 8.75 Å². The summed E-state index contributed by atoms with van der Waals surface area (Å²) in [5.41, 5.74) is 7.59. The molecule has 2 aromatic rings. The summed E-state index contributed by atoms with van der Waals surface area (Å²) in [5.74, 6) is 0.699. The van der Waals surface area contributed by atoms with Crippen molar-refractivity contribution >= 4 is 23.3 Å². The predicted molar refractivity (Wildman–Crippen MR) is 63.9 cm³/mol. The van der Waals surface area contributed by atoms with Gasteiger partial charge in [0.25, 0.3) is 0 Å². The van der Waals surface area contributed by atoms with Gasteiger partial charge in [-0.1, -0.05) is 11.6 Å². The zero-order valence-corrected chi connectivity index (χ0v) is 10.1. The first kappa shape index (κ1) is 11.3. The van der Waals surface area contributed by atoms with Gasteiger partial charge in [0.1, 0.15) is 5.75 Å². The standard InChI is InChI=1S/C10H10ClN3OS/c1-15-9-3-2-6(11)4-7(9)10(12)8-5-13-16-14-8/h2-5,10H,12H2,1H3. The molecule has 0 aliphatic rings. The van der Waals surface area contributed by atoms with Crippen molar-refractivity contribution in [2.24, 2.45) is 5.73 Å². The highest BCUT2D eigenvalue weighted by Crippen LogP contribution is 2.30. The summed E-state index contributed by atoms with van der Waals surface area (Å²) in [6.07, 6.45) is 1.65. The van der Waals surface area contributed by atoms with Crippen LogP contribution < -0.4 is 10.5 Å². The molecule has 0 aliphatic heterocycles. The Balaban J connectivity index is 2.42. The van der Waals surface area contributed by atoms with Crippen LogP contribution in [-0.4, -0.2) is 15.9 Å². The van der Waals surface area contributed by atoms with Crippen LogP contribution in [-0.2, 0) is 0 Å². The van der Waals surface area contributed by atoms with Gasteiger partial charge in [-0.15, -0.1) is 0 Å². The van der Waals surface area contributed by atoms with E-state index in [0.29, 0.717) is 16.5 Å². The van der Waals surface area contributed by atoms with Crippen LogP contribution in [0.3, 0.4) is 0 Å². The van der Waals surface area contributed by atoms with Crippen molar-refractivity contribution in [2.45, 2.75) is 6.04 Å². The normalized spacial score (nSPS) is 12.4. The molecule has 2 N–H and O–H groups in total. The Kier molecular flexibility index (Phi) is 3.38. The zero-order valence-electron chi connectivity index (χ0n) is 8.55. The Bertz CT molecular complexity index is 475. The van der Waals surface area contributed by atoms with Crippen LogP contribution >= 0.6 is 23.3 Å². The van der Waals surface area contributed by atoms with Crippen molar-refractivity contribution in [1.82, 2.24) is 8.75 Å². The minimum absolute atomic E-state index is 0.368. The number of hydrogen-bond donors (Lipinski definition) is 1. The molecule has 0 saturated carbocycles.